The van der Waals surface area contributed by atoms with Gasteiger partial charge in [0.15, 0.2) is 5.16 Å². The van der Waals surface area contributed by atoms with Gasteiger partial charge in [-0.25, -0.2) is 9.97 Å². The molecule has 2 rings (SSSR count). The summed E-state index contributed by atoms with van der Waals surface area (Å²) in [4.78, 5) is 21.4. The van der Waals surface area contributed by atoms with Crippen LogP contribution in [0.3, 0.4) is 0 Å². The van der Waals surface area contributed by atoms with E-state index in [4.69, 9.17) is 11.5 Å². The lowest BCUT2D eigenvalue weighted by molar-refractivity contribution is -0.119. The third-order valence-corrected chi connectivity index (χ3v) is 4.71. The second-order valence-electron chi connectivity index (χ2n) is 5.09. The second-order valence-corrected chi connectivity index (χ2v) is 7.02. The summed E-state index contributed by atoms with van der Waals surface area (Å²) in [6.07, 6.45) is 0. The third-order valence-electron chi connectivity index (χ3n) is 2.91. The summed E-state index contributed by atoms with van der Waals surface area (Å²) in [5, 5.41) is 5.47. The number of aromatic nitrogens is 2. The van der Waals surface area contributed by atoms with Gasteiger partial charge in [0, 0.05) is 10.9 Å². The first-order valence-electron chi connectivity index (χ1n) is 6.81. The molecule has 2 aromatic heterocycles. The Bertz CT molecular complexity index is 610. The number of nitrogens with two attached hydrogens (primary N) is 2. The van der Waals surface area contributed by atoms with Crippen LogP contribution in [0.1, 0.15) is 24.8 Å². The summed E-state index contributed by atoms with van der Waals surface area (Å²) in [5.74, 6) is 1.06. The molecule has 0 aliphatic rings. The molecule has 0 bridgehead atoms. The summed E-state index contributed by atoms with van der Waals surface area (Å²) in [7, 11) is 0. The van der Waals surface area contributed by atoms with Crippen molar-refractivity contribution in [3.63, 3.8) is 0 Å². The van der Waals surface area contributed by atoms with Crippen LogP contribution in [-0.4, -0.2) is 21.6 Å². The van der Waals surface area contributed by atoms with Crippen molar-refractivity contribution in [2.75, 3.05) is 17.2 Å². The first-order chi connectivity index (χ1) is 10.5. The van der Waals surface area contributed by atoms with Gasteiger partial charge in [-0.15, -0.1) is 11.3 Å². The van der Waals surface area contributed by atoms with Crippen molar-refractivity contribution >= 4 is 40.6 Å². The van der Waals surface area contributed by atoms with E-state index in [1.54, 1.807) is 11.3 Å². The van der Waals surface area contributed by atoms with Crippen molar-refractivity contribution in [3.05, 3.63) is 28.5 Å². The van der Waals surface area contributed by atoms with E-state index in [-0.39, 0.29) is 17.7 Å². The molecule has 0 aliphatic heterocycles. The van der Waals surface area contributed by atoms with Crippen molar-refractivity contribution in [2.24, 2.45) is 5.92 Å². The van der Waals surface area contributed by atoms with Gasteiger partial charge in [0.25, 0.3) is 0 Å². The second kappa shape index (κ2) is 7.46. The van der Waals surface area contributed by atoms with Crippen LogP contribution in [0.25, 0.3) is 0 Å². The molecule has 0 radical (unpaired) electrons. The minimum Gasteiger partial charge on any atom is -0.383 e. The van der Waals surface area contributed by atoms with Crippen LogP contribution >= 0.6 is 23.1 Å². The van der Waals surface area contributed by atoms with E-state index in [1.807, 2.05) is 17.5 Å². The Morgan fingerprint density at radius 2 is 2.05 bits per heavy atom. The molecule has 1 atom stereocenters. The Labute approximate surface area is 137 Å². The Balaban J connectivity index is 1.94. The largest absolute Gasteiger partial charge is 0.383 e. The van der Waals surface area contributed by atoms with Crippen LogP contribution in [0.2, 0.25) is 0 Å². The average Bonchev–Trinajstić information content (AvgIpc) is 2.95. The molecule has 2 heterocycles. The molecule has 0 aliphatic carbocycles. The van der Waals surface area contributed by atoms with Crippen molar-refractivity contribution in [2.45, 2.75) is 25.0 Å². The van der Waals surface area contributed by atoms with Gasteiger partial charge in [-0.1, -0.05) is 31.7 Å². The highest BCUT2D eigenvalue weighted by atomic mass is 32.2. The molecule has 0 saturated carbocycles. The molecule has 118 valence electrons. The van der Waals surface area contributed by atoms with Gasteiger partial charge in [-0.2, -0.15) is 0 Å². The molecule has 2 aromatic rings. The molecule has 0 saturated heterocycles. The molecule has 5 N–H and O–H groups in total. The van der Waals surface area contributed by atoms with Crippen molar-refractivity contribution in [1.82, 2.24) is 15.3 Å². The number of carbonyl (C=O) groups excluding carboxylic acids is 1. The smallest absolute Gasteiger partial charge is 0.230 e. The number of nitrogens with zero attached hydrogens (tertiary/aromatic N) is 2. The van der Waals surface area contributed by atoms with Crippen molar-refractivity contribution < 1.29 is 4.79 Å². The van der Waals surface area contributed by atoms with Gasteiger partial charge in [-0.3, -0.25) is 4.79 Å². The van der Waals surface area contributed by atoms with Crippen LogP contribution in [0, 0.1) is 5.92 Å². The number of anilines is 2. The fourth-order valence-electron chi connectivity index (χ4n) is 1.91. The van der Waals surface area contributed by atoms with E-state index in [0.717, 1.165) is 4.88 Å². The molecular formula is C14H19N5OS2. The number of hydrogen-bond donors (Lipinski definition) is 3. The first kappa shape index (κ1) is 16.6. The van der Waals surface area contributed by atoms with Crippen LogP contribution in [0.4, 0.5) is 11.6 Å². The average molecular weight is 337 g/mol. The fraction of sp³-hybridized carbons (Fsp3) is 0.357. The Morgan fingerprint density at radius 3 is 2.59 bits per heavy atom. The number of carbonyl (C=O) groups is 1. The summed E-state index contributed by atoms with van der Waals surface area (Å²) >= 11 is 2.86. The molecule has 8 heteroatoms. The van der Waals surface area contributed by atoms with E-state index < -0.39 is 0 Å². The summed E-state index contributed by atoms with van der Waals surface area (Å²) in [5.41, 5.74) is 11.2. The number of thioether (sulfide) groups is 1. The summed E-state index contributed by atoms with van der Waals surface area (Å²) < 4.78 is 0. The monoisotopic (exact) mass is 337 g/mol. The first-order valence-corrected chi connectivity index (χ1v) is 8.68. The number of nitrogens with one attached hydrogen (secondary N) is 1. The number of amides is 1. The highest BCUT2D eigenvalue weighted by Gasteiger charge is 2.19. The number of hydrogen-bond acceptors (Lipinski definition) is 7. The Kier molecular flexibility index (Phi) is 5.62. The lowest BCUT2D eigenvalue weighted by Gasteiger charge is -2.21. The van der Waals surface area contributed by atoms with Gasteiger partial charge in [0.1, 0.15) is 11.6 Å². The normalized spacial score (nSPS) is 12.3. The van der Waals surface area contributed by atoms with Crippen molar-refractivity contribution in [3.8, 4) is 0 Å². The van der Waals surface area contributed by atoms with E-state index in [0.29, 0.717) is 22.7 Å². The van der Waals surface area contributed by atoms with Crippen LogP contribution < -0.4 is 16.8 Å². The van der Waals surface area contributed by atoms with Gasteiger partial charge < -0.3 is 16.8 Å². The Hall–Kier alpha value is -1.80. The molecule has 0 spiro atoms. The molecule has 1 amide bonds. The van der Waals surface area contributed by atoms with E-state index in [2.05, 4.69) is 29.1 Å². The topological polar surface area (TPSA) is 107 Å². The lowest BCUT2D eigenvalue weighted by Crippen LogP contribution is -2.32. The molecule has 22 heavy (non-hydrogen) atoms. The fourth-order valence-corrected chi connectivity index (χ4v) is 3.54. The summed E-state index contributed by atoms with van der Waals surface area (Å²) in [6.45, 7) is 4.17. The van der Waals surface area contributed by atoms with E-state index in [1.165, 1.54) is 17.8 Å². The zero-order valence-corrected chi connectivity index (χ0v) is 14.1. The minimum atomic E-state index is -0.0679. The highest BCUT2D eigenvalue weighted by Crippen LogP contribution is 2.26. The van der Waals surface area contributed by atoms with E-state index in [9.17, 15) is 4.79 Å². The minimum absolute atomic E-state index is 0.0138. The van der Waals surface area contributed by atoms with Crippen LogP contribution in [0.5, 0.6) is 0 Å². The number of rotatable bonds is 6. The standard InChI is InChI=1S/C14H19N5OS2/c1-8(2)13(9-4-3-5-21-9)19-12(20)7-22-14-17-10(15)6-11(16)18-14/h3-6,8,13H,7H2,1-2H3,(H,19,20)(H4,15,16,17,18)/t13-/m1/s1. The van der Waals surface area contributed by atoms with Gasteiger partial charge in [-0.05, 0) is 17.4 Å². The molecule has 0 aromatic carbocycles. The zero-order chi connectivity index (χ0) is 16.1. The number of nitrogen functional groups attached to an aromatic ring is 2. The van der Waals surface area contributed by atoms with E-state index >= 15 is 0 Å². The Morgan fingerprint density at radius 1 is 1.36 bits per heavy atom. The number of thiophene rings is 1. The maximum atomic E-state index is 12.2. The third kappa shape index (κ3) is 4.60. The summed E-state index contributed by atoms with van der Waals surface area (Å²) in [6, 6.07) is 5.51. The predicted octanol–water partition coefficient (Wildman–Crippen LogP) is 2.31. The predicted molar refractivity (Wildman–Crippen MR) is 91.6 cm³/mol. The van der Waals surface area contributed by atoms with Gasteiger partial charge >= 0.3 is 0 Å². The molecule has 0 fully saturated rings. The van der Waals surface area contributed by atoms with Crippen LogP contribution in [0.15, 0.2) is 28.7 Å². The highest BCUT2D eigenvalue weighted by molar-refractivity contribution is 7.99. The van der Waals surface area contributed by atoms with Crippen LogP contribution in [-0.2, 0) is 4.79 Å². The quantitative estimate of drug-likeness (QED) is 0.551. The van der Waals surface area contributed by atoms with Gasteiger partial charge in [0.2, 0.25) is 5.91 Å². The van der Waals surface area contributed by atoms with Gasteiger partial charge in [0.05, 0.1) is 11.8 Å². The SMILES string of the molecule is CC(C)[C@@H](NC(=O)CSc1nc(N)cc(N)n1)c1cccs1. The maximum Gasteiger partial charge on any atom is 0.230 e. The zero-order valence-electron chi connectivity index (χ0n) is 12.4. The molecular weight excluding hydrogens is 318 g/mol. The lowest BCUT2D eigenvalue weighted by atomic mass is 10.0. The maximum absolute atomic E-state index is 12.2. The van der Waals surface area contributed by atoms with Crippen molar-refractivity contribution in [1.29, 1.82) is 0 Å². The molecule has 6 nitrogen and oxygen atoms in total. The molecule has 0 unspecified atom stereocenters.